The minimum atomic E-state index is -0.577. The fraction of sp³-hybridized carbons (Fsp3) is 0.333. The molecule has 7 nitrogen and oxygen atoms in total. The van der Waals surface area contributed by atoms with E-state index in [0.29, 0.717) is 32.9 Å². The molecule has 10 heteroatoms. The SMILES string of the molecule is COC(=O)c1ccc(Cl)cc1NC(=O)CSc1nc2ccsc2c(=O)n1CCC(C)C. The van der Waals surface area contributed by atoms with Crippen molar-refractivity contribution in [1.82, 2.24) is 9.55 Å². The zero-order valence-corrected chi connectivity index (χ0v) is 19.7. The van der Waals surface area contributed by atoms with Gasteiger partial charge in [-0.2, -0.15) is 0 Å². The number of ether oxygens (including phenoxy) is 1. The van der Waals surface area contributed by atoms with Crippen LogP contribution in [0.25, 0.3) is 10.2 Å². The van der Waals surface area contributed by atoms with Crippen LogP contribution in [0.2, 0.25) is 5.02 Å². The number of thiophene rings is 1. The number of rotatable bonds is 8. The van der Waals surface area contributed by atoms with E-state index in [0.717, 1.165) is 6.42 Å². The first-order valence-corrected chi connectivity index (χ1v) is 11.8. The molecule has 0 fully saturated rings. The van der Waals surface area contributed by atoms with Crippen molar-refractivity contribution in [1.29, 1.82) is 0 Å². The molecule has 3 rings (SSSR count). The fourth-order valence-electron chi connectivity index (χ4n) is 2.84. The summed E-state index contributed by atoms with van der Waals surface area (Å²) in [4.78, 5) is 42.0. The summed E-state index contributed by atoms with van der Waals surface area (Å²) in [5, 5.41) is 5.40. The van der Waals surface area contributed by atoms with Gasteiger partial charge in [0.25, 0.3) is 5.56 Å². The van der Waals surface area contributed by atoms with Crippen LogP contribution in [0.4, 0.5) is 5.69 Å². The molecule has 0 atom stereocenters. The fourth-order valence-corrected chi connectivity index (χ4v) is 4.62. The van der Waals surface area contributed by atoms with Crippen LogP contribution in [0.1, 0.15) is 30.6 Å². The van der Waals surface area contributed by atoms with Crippen molar-refractivity contribution in [2.45, 2.75) is 32.0 Å². The van der Waals surface area contributed by atoms with Gasteiger partial charge in [0.15, 0.2) is 5.16 Å². The molecule has 31 heavy (non-hydrogen) atoms. The maximum absolute atomic E-state index is 12.9. The predicted molar refractivity (Wildman–Crippen MR) is 125 cm³/mol. The highest BCUT2D eigenvalue weighted by Gasteiger charge is 2.17. The molecule has 0 aliphatic carbocycles. The quantitative estimate of drug-likeness (QED) is 0.287. The molecule has 0 aliphatic heterocycles. The van der Waals surface area contributed by atoms with Crippen LogP contribution >= 0.6 is 34.7 Å². The van der Waals surface area contributed by atoms with Crippen molar-refractivity contribution in [2.75, 3.05) is 18.2 Å². The van der Waals surface area contributed by atoms with E-state index in [1.54, 1.807) is 16.7 Å². The summed E-state index contributed by atoms with van der Waals surface area (Å²) in [6.45, 7) is 4.71. The maximum Gasteiger partial charge on any atom is 0.339 e. The topological polar surface area (TPSA) is 90.3 Å². The van der Waals surface area contributed by atoms with Gasteiger partial charge in [-0.15, -0.1) is 11.3 Å². The number of thioether (sulfide) groups is 1. The number of aromatic nitrogens is 2. The average Bonchev–Trinajstić information content (AvgIpc) is 3.20. The molecule has 2 aromatic heterocycles. The van der Waals surface area contributed by atoms with Crippen molar-refractivity contribution in [2.24, 2.45) is 5.92 Å². The first kappa shape index (κ1) is 23.3. The highest BCUT2D eigenvalue weighted by atomic mass is 35.5. The average molecular weight is 480 g/mol. The van der Waals surface area contributed by atoms with E-state index in [-0.39, 0.29) is 28.5 Å². The minimum absolute atomic E-state index is 0.0108. The van der Waals surface area contributed by atoms with Gasteiger partial charge in [0.2, 0.25) is 5.91 Å². The van der Waals surface area contributed by atoms with Crippen molar-refractivity contribution < 1.29 is 14.3 Å². The van der Waals surface area contributed by atoms with Crippen LogP contribution in [0, 0.1) is 5.92 Å². The maximum atomic E-state index is 12.9. The molecule has 164 valence electrons. The Balaban J connectivity index is 1.80. The van der Waals surface area contributed by atoms with E-state index >= 15 is 0 Å². The Hall–Kier alpha value is -2.36. The molecule has 0 saturated heterocycles. The lowest BCUT2D eigenvalue weighted by atomic mass is 10.1. The van der Waals surface area contributed by atoms with Gasteiger partial charge >= 0.3 is 5.97 Å². The Morgan fingerprint density at radius 1 is 1.32 bits per heavy atom. The number of fused-ring (bicyclic) bond motifs is 1. The van der Waals surface area contributed by atoms with Crippen LogP contribution in [0.5, 0.6) is 0 Å². The van der Waals surface area contributed by atoms with Crippen LogP contribution in [-0.4, -0.2) is 34.3 Å². The lowest BCUT2D eigenvalue weighted by Crippen LogP contribution is -2.24. The molecule has 0 radical (unpaired) electrons. The Kier molecular flexibility index (Phi) is 7.74. The number of amides is 1. The van der Waals surface area contributed by atoms with Gasteiger partial charge in [0.1, 0.15) is 4.70 Å². The van der Waals surface area contributed by atoms with Gasteiger partial charge in [0.05, 0.1) is 29.6 Å². The number of carbonyl (C=O) groups excluding carboxylic acids is 2. The first-order chi connectivity index (χ1) is 14.8. The van der Waals surface area contributed by atoms with Crippen molar-refractivity contribution in [3.8, 4) is 0 Å². The third-order valence-corrected chi connectivity index (χ3v) is 6.56. The lowest BCUT2D eigenvalue weighted by molar-refractivity contribution is -0.113. The second-order valence-corrected chi connectivity index (χ2v) is 9.48. The zero-order chi connectivity index (χ0) is 22.5. The summed E-state index contributed by atoms with van der Waals surface area (Å²) in [6, 6.07) is 6.33. The molecular weight excluding hydrogens is 458 g/mol. The summed E-state index contributed by atoms with van der Waals surface area (Å²) in [5.41, 5.74) is 1.01. The molecule has 0 bridgehead atoms. The van der Waals surface area contributed by atoms with Gasteiger partial charge in [-0.05, 0) is 42.0 Å². The van der Waals surface area contributed by atoms with E-state index < -0.39 is 5.97 Å². The van der Waals surface area contributed by atoms with Crippen LogP contribution in [0.3, 0.4) is 0 Å². The van der Waals surface area contributed by atoms with Gasteiger partial charge in [-0.1, -0.05) is 37.2 Å². The molecule has 0 spiro atoms. The number of halogens is 1. The minimum Gasteiger partial charge on any atom is -0.465 e. The summed E-state index contributed by atoms with van der Waals surface area (Å²) in [5.74, 6) is -0.498. The molecule has 0 aliphatic rings. The van der Waals surface area contributed by atoms with Gasteiger partial charge in [-0.25, -0.2) is 9.78 Å². The number of nitrogens with one attached hydrogen (secondary N) is 1. The largest absolute Gasteiger partial charge is 0.465 e. The summed E-state index contributed by atoms with van der Waals surface area (Å²) >= 11 is 8.55. The molecule has 1 amide bonds. The number of benzene rings is 1. The molecular formula is C21H22ClN3O4S2. The zero-order valence-electron chi connectivity index (χ0n) is 17.3. The van der Waals surface area contributed by atoms with Gasteiger partial charge in [0, 0.05) is 11.6 Å². The standard InChI is InChI=1S/C21H22ClN3O4S2/c1-12(2)6-8-25-19(27)18-15(7-9-30-18)24-21(25)31-11-17(26)23-16-10-13(22)4-5-14(16)20(28)29-3/h4-5,7,9-10,12H,6,8,11H2,1-3H3,(H,23,26). The Morgan fingerprint density at radius 2 is 2.10 bits per heavy atom. The van der Waals surface area contributed by atoms with Crippen LogP contribution < -0.4 is 10.9 Å². The van der Waals surface area contributed by atoms with Gasteiger partial charge < -0.3 is 10.1 Å². The number of hydrogen-bond donors (Lipinski definition) is 1. The number of nitrogens with zero attached hydrogens (tertiary/aromatic N) is 2. The highest BCUT2D eigenvalue weighted by Crippen LogP contribution is 2.24. The van der Waals surface area contributed by atoms with Crippen LogP contribution in [0.15, 0.2) is 39.6 Å². The van der Waals surface area contributed by atoms with Crippen molar-refractivity contribution in [3.05, 3.63) is 50.6 Å². The number of esters is 1. The molecule has 3 aromatic rings. The molecule has 0 saturated carbocycles. The third-order valence-electron chi connectivity index (χ3n) is 4.45. The molecule has 1 aromatic carbocycles. The Morgan fingerprint density at radius 3 is 2.81 bits per heavy atom. The van der Waals surface area contributed by atoms with Gasteiger partial charge in [-0.3, -0.25) is 14.2 Å². The smallest absolute Gasteiger partial charge is 0.339 e. The van der Waals surface area contributed by atoms with E-state index in [1.165, 1.54) is 42.3 Å². The van der Waals surface area contributed by atoms with E-state index in [9.17, 15) is 14.4 Å². The number of methoxy groups -OCH3 is 1. The molecule has 1 N–H and O–H groups in total. The van der Waals surface area contributed by atoms with Crippen LogP contribution in [-0.2, 0) is 16.1 Å². The summed E-state index contributed by atoms with van der Waals surface area (Å²) in [6.07, 6.45) is 0.823. The third kappa shape index (κ3) is 5.66. The highest BCUT2D eigenvalue weighted by molar-refractivity contribution is 7.99. The number of carbonyl (C=O) groups is 2. The first-order valence-electron chi connectivity index (χ1n) is 9.58. The summed E-state index contributed by atoms with van der Waals surface area (Å²) < 4.78 is 7.00. The number of hydrogen-bond acceptors (Lipinski definition) is 7. The van der Waals surface area contributed by atoms with E-state index in [2.05, 4.69) is 24.1 Å². The summed E-state index contributed by atoms with van der Waals surface area (Å²) in [7, 11) is 1.26. The molecule has 2 heterocycles. The Bertz CT molecular complexity index is 1170. The predicted octanol–water partition coefficient (Wildman–Crippen LogP) is 4.67. The Labute approximate surface area is 192 Å². The lowest BCUT2D eigenvalue weighted by Gasteiger charge is -2.14. The second kappa shape index (κ2) is 10.3. The second-order valence-electron chi connectivity index (χ2n) is 7.19. The monoisotopic (exact) mass is 479 g/mol. The molecule has 0 unspecified atom stereocenters. The van der Waals surface area contributed by atoms with Crippen molar-refractivity contribution >= 4 is 62.5 Å². The number of anilines is 1. The van der Waals surface area contributed by atoms with E-state index in [1.807, 2.05) is 5.38 Å². The van der Waals surface area contributed by atoms with Crippen molar-refractivity contribution in [3.63, 3.8) is 0 Å². The normalized spacial score (nSPS) is 11.1. The van der Waals surface area contributed by atoms with E-state index in [4.69, 9.17) is 16.3 Å².